The van der Waals surface area contributed by atoms with Crippen molar-refractivity contribution in [1.29, 1.82) is 0 Å². The van der Waals surface area contributed by atoms with Crippen molar-refractivity contribution in [1.82, 2.24) is 15.5 Å². The number of nitrogens with one attached hydrogen (secondary N) is 2. The van der Waals surface area contributed by atoms with Crippen LogP contribution in [0.15, 0.2) is 29.3 Å². The minimum atomic E-state index is -4.20. The summed E-state index contributed by atoms with van der Waals surface area (Å²) in [5.41, 5.74) is 0.846. The van der Waals surface area contributed by atoms with Crippen molar-refractivity contribution in [3.05, 3.63) is 30.1 Å². The molecule has 0 bridgehead atoms. The maximum atomic E-state index is 13.4. The minimum absolute atomic E-state index is 0.126. The van der Waals surface area contributed by atoms with Gasteiger partial charge in [0, 0.05) is 45.0 Å². The first-order valence-corrected chi connectivity index (χ1v) is 9.00. The van der Waals surface area contributed by atoms with Crippen molar-refractivity contribution in [2.75, 3.05) is 51.7 Å². The van der Waals surface area contributed by atoms with E-state index in [1.807, 2.05) is 6.07 Å². The molecule has 27 heavy (non-hydrogen) atoms. The van der Waals surface area contributed by atoms with E-state index in [4.69, 9.17) is 0 Å². The fourth-order valence-corrected chi connectivity index (χ4v) is 3.14. The summed E-state index contributed by atoms with van der Waals surface area (Å²) in [6.07, 6.45) is -2.29. The Morgan fingerprint density at radius 1 is 1.37 bits per heavy atom. The number of alkyl halides is 3. The summed E-state index contributed by atoms with van der Waals surface area (Å²) in [6, 6.07) is 6.65. The van der Waals surface area contributed by atoms with Crippen LogP contribution in [-0.2, 0) is 0 Å². The zero-order valence-electron chi connectivity index (χ0n) is 15.7. The van der Waals surface area contributed by atoms with Crippen molar-refractivity contribution in [3.63, 3.8) is 0 Å². The van der Waals surface area contributed by atoms with Crippen LogP contribution in [0.3, 0.4) is 0 Å². The molecule has 152 valence electrons. The van der Waals surface area contributed by atoms with Crippen LogP contribution in [0.1, 0.15) is 12.8 Å². The zero-order valence-corrected chi connectivity index (χ0v) is 15.7. The van der Waals surface area contributed by atoms with E-state index in [0.29, 0.717) is 19.0 Å². The lowest BCUT2D eigenvalue weighted by Crippen LogP contribution is -2.52. The maximum Gasteiger partial charge on any atom is 0.401 e. The van der Waals surface area contributed by atoms with E-state index >= 15 is 0 Å². The summed E-state index contributed by atoms with van der Waals surface area (Å²) in [5.74, 6) is 0.296. The second-order valence-electron chi connectivity index (χ2n) is 6.76. The van der Waals surface area contributed by atoms with Gasteiger partial charge in [0.15, 0.2) is 5.96 Å². The topological polar surface area (TPSA) is 42.9 Å². The molecule has 0 aromatic heterocycles. The molecule has 1 atom stereocenters. The number of anilines is 1. The van der Waals surface area contributed by atoms with Crippen molar-refractivity contribution < 1.29 is 17.6 Å². The first-order valence-electron chi connectivity index (χ1n) is 9.00. The average molecular weight is 389 g/mol. The SMILES string of the molecule is CN=C(NCCN(C)CC(F)(F)F)NC1CCCN(c2cccc(F)c2)C1. The predicted octanol–water partition coefficient (Wildman–Crippen LogP) is 2.45. The van der Waals surface area contributed by atoms with E-state index in [1.165, 1.54) is 24.1 Å². The van der Waals surface area contributed by atoms with Gasteiger partial charge in [-0.05, 0) is 38.1 Å². The molecule has 9 heteroatoms. The second kappa shape index (κ2) is 9.77. The standard InChI is InChI=1S/C18H27F4N5/c1-23-17(24-8-10-26(2)13-18(20,21)22)25-15-6-4-9-27(12-15)16-7-3-5-14(19)11-16/h3,5,7,11,15H,4,6,8-10,12-13H2,1-2H3,(H2,23,24,25). The molecule has 1 fully saturated rings. The average Bonchev–Trinajstić information content (AvgIpc) is 2.59. The van der Waals surface area contributed by atoms with Crippen molar-refractivity contribution in [2.24, 2.45) is 4.99 Å². The van der Waals surface area contributed by atoms with Gasteiger partial charge in [0.2, 0.25) is 0 Å². The molecule has 1 aliphatic heterocycles. The Labute approximate surface area is 157 Å². The van der Waals surface area contributed by atoms with Gasteiger partial charge in [0.1, 0.15) is 5.82 Å². The monoisotopic (exact) mass is 389 g/mol. The summed E-state index contributed by atoms with van der Waals surface area (Å²) < 4.78 is 50.5. The summed E-state index contributed by atoms with van der Waals surface area (Å²) in [6.45, 7) is 1.23. The van der Waals surface area contributed by atoms with Gasteiger partial charge in [0.25, 0.3) is 0 Å². The number of piperidine rings is 1. The van der Waals surface area contributed by atoms with Crippen LogP contribution < -0.4 is 15.5 Å². The number of guanidine groups is 1. The highest BCUT2D eigenvalue weighted by Crippen LogP contribution is 2.20. The third-order valence-corrected chi connectivity index (χ3v) is 4.39. The molecule has 0 spiro atoms. The third-order valence-electron chi connectivity index (χ3n) is 4.39. The number of nitrogens with zero attached hydrogens (tertiary/aromatic N) is 3. The van der Waals surface area contributed by atoms with Crippen LogP contribution in [0.2, 0.25) is 0 Å². The van der Waals surface area contributed by atoms with E-state index in [0.717, 1.165) is 25.1 Å². The first kappa shape index (κ1) is 21.3. The summed E-state index contributed by atoms with van der Waals surface area (Å²) >= 11 is 0. The molecule has 0 radical (unpaired) electrons. The van der Waals surface area contributed by atoms with Gasteiger partial charge < -0.3 is 15.5 Å². The number of benzene rings is 1. The summed E-state index contributed by atoms with van der Waals surface area (Å²) in [7, 11) is 3.06. The Hall–Kier alpha value is -2.03. The maximum absolute atomic E-state index is 13.4. The van der Waals surface area contributed by atoms with Gasteiger partial charge in [-0.1, -0.05) is 6.07 Å². The van der Waals surface area contributed by atoms with Crippen LogP contribution in [0.4, 0.5) is 23.2 Å². The zero-order chi connectivity index (χ0) is 19.9. The summed E-state index contributed by atoms with van der Waals surface area (Å²) in [4.78, 5) is 7.48. The Morgan fingerprint density at radius 3 is 2.81 bits per heavy atom. The number of likely N-dealkylation sites (N-methyl/N-ethyl adjacent to an activating group) is 1. The molecule has 1 heterocycles. The van der Waals surface area contributed by atoms with Crippen LogP contribution in [0.5, 0.6) is 0 Å². The predicted molar refractivity (Wildman–Crippen MR) is 99.7 cm³/mol. The largest absolute Gasteiger partial charge is 0.401 e. The van der Waals surface area contributed by atoms with E-state index in [9.17, 15) is 17.6 Å². The van der Waals surface area contributed by atoms with Crippen molar-refractivity contribution in [2.45, 2.75) is 25.1 Å². The highest BCUT2D eigenvalue weighted by molar-refractivity contribution is 5.80. The quantitative estimate of drug-likeness (QED) is 0.446. The van der Waals surface area contributed by atoms with Crippen LogP contribution in [0.25, 0.3) is 0 Å². The fraction of sp³-hybridized carbons (Fsp3) is 0.611. The van der Waals surface area contributed by atoms with Gasteiger partial charge >= 0.3 is 6.18 Å². The fourth-order valence-electron chi connectivity index (χ4n) is 3.14. The Balaban J connectivity index is 1.80. The molecule has 0 aliphatic carbocycles. The molecular weight excluding hydrogens is 362 g/mol. The van der Waals surface area contributed by atoms with Crippen LogP contribution >= 0.6 is 0 Å². The lowest BCUT2D eigenvalue weighted by atomic mass is 10.0. The van der Waals surface area contributed by atoms with E-state index in [-0.39, 0.29) is 18.4 Å². The van der Waals surface area contributed by atoms with Gasteiger partial charge in [-0.25, -0.2) is 4.39 Å². The number of halogens is 4. The van der Waals surface area contributed by atoms with Gasteiger partial charge in [-0.2, -0.15) is 13.2 Å². The molecule has 2 N–H and O–H groups in total. The molecule has 1 saturated heterocycles. The van der Waals surface area contributed by atoms with E-state index < -0.39 is 12.7 Å². The normalized spacial score (nSPS) is 18.7. The third kappa shape index (κ3) is 7.62. The van der Waals surface area contributed by atoms with Gasteiger partial charge in [0.05, 0.1) is 6.54 Å². The Morgan fingerprint density at radius 2 is 2.15 bits per heavy atom. The minimum Gasteiger partial charge on any atom is -0.369 e. The number of hydrogen-bond acceptors (Lipinski definition) is 3. The van der Waals surface area contributed by atoms with Crippen molar-refractivity contribution in [3.8, 4) is 0 Å². The number of hydrogen-bond donors (Lipinski definition) is 2. The lowest BCUT2D eigenvalue weighted by molar-refractivity contribution is -0.142. The molecule has 1 aliphatic rings. The Kier molecular flexibility index (Phi) is 7.70. The highest BCUT2D eigenvalue weighted by Gasteiger charge is 2.29. The first-order chi connectivity index (χ1) is 12.8. The van der Waals surface area contributed by atoms with Gasteiger partial charge in [-0.3, -0.25) is 9.89 Å². The molecule has 2 rings (SSSR count). The van der Waals surface area contributed by atoms with Crippen molar-refractivity contribution >= 4 is 11.6 Å². The molecule has 1 aromatic carbocycles. The van der Waals surface area contributed by atoms with Gasteiger partial charge in [-0.15, -0.1) is 0 Å². The molecule has 1 aromatic rings. The number of aliphatic imine (C=N–C) groups is 1. The molecular formula is C18H27F4N5. The number of rotatable bonds is 6. The second-order valence-corrected chi connectivity index (χ2v) is 6.76. The van der Waals surface area contributed by atoms with Crippen LogP contribution in [0, 0.1) is 5.82 Å². The Bertz CT molecular complexity index is 620. The highest BCUT2D eigenvalue weighted by atomic mass is 19.4. The smallest absolute Gasteiger partial charge is 0.369 e. The molecule has 1 unspecified atom stereocenters. The van der Waals surface area contributed by atoms with Crippen LogP contribution in [-0.4, -0.2) is 69.9 Å². The molecule has 0 saturated carbocycles. The lowest BCUT2D eigenvalue weighted by Gasteiger charge is -2.35. The summed E-state index contributed by atoms with van der Waals surface area (Å²) in [5, 5.41) is 6.35. The van der Waals surface area contributed by atoms with E-state index in [2.05, 4.69) is 20.5 Å². The molecule has 0 amide bonds. The molecule has 5 nitrogen and oxygen atoms in total. The van der Waals surface area contributed by atoms with E-state index in [1.54, 1.807) is 13.1 Å².